The highest BCUT2D eigenvalue weighted by atomic mass is 19.4. The van der Waals surface area contributed by atoms with E-state index in [2.05, 4.69) is 9.47 Å². The Bertz CT molecular complexity index is 893. The molecule has 0 aromatic heterocycles. The number of benzene rings is 2. The van der Waals surface area contributed by atoms with E-state index in [0.717, 1.165) is 50.6 Å². The molecule has 0 N–H and O–H groups in total. The van der Waals surface area contributed by atoms with Crippen molar-refractivity contribution in [3.63, 3.8) is 0 Å². The van der Waals surface area contributed by atoms with Crippen molar-refractivity contribution in [3.8, 4) is 0 Å². The molecule has 0 unspecified atom stereocenters. The van der Waals surface area contributed by atoms with Crippen LogP contribution < -0.4 is 0 Å². The first-order valence-corrected chi connectivity index (χ1v) is 9.48. The van der Waals surface area contributed by atoms with Crippen LogP contribution in [0.3, 0.4) is 0 Å². The zero-order valence-electron chi connectivity index (χ0n) is 17.5. The van der Waals surface area contributed by atoms with Crippen LogP contribution in [-0.2, 0) is 49.0 Å². The minimum atomic E-state index is -4.62. The van der Waals surface area contributed by atoms with E-state index < -0.39 is 47.6 Å². The molecular formula is C22H20F6O5. The van der Waals surface area contributed by atoms with Crippen molar-refractivity contribution in [1.29, 1.82) is 0 Å². The first kappa shape index (κ1) is 26.2. The fourth-order valence-electron chi connectivity index (χ4n) is 3.01. The second-order valence-corrected chi connectivity index (χ2v) is 6.96. The molecule has 0 heterocycles. The van der Waals surface area contributed by atoms with Gasteiger partial charge in [0.1, 0.15) is 0 Å². The number of carbonyl (C=O) groups is 2. The van der Waals surface area contributed by atoms with Crippen molar-refractivity contribution in [2.45, 2.75) is 37.4 Å². The van der Waals surface area contributed by atoms with Gasteiger partial charge in [0.25, 0.3) is 0 Å². The molecule has 33 heavy (non-hydrogen) atoms. The van der Waals surface area contributed by atoms with Gasteiger partial charge in [-0.25, -0.2) is 9.59 Å². The number of carbonyl (C=O) groups excluding carboxylic acids is 2. The van der Waals surface area contributed by atoms with Gasteiger partial charge >= 0.3 is 24.3 Å². The summed E-state index contributed by atoms with van der Waals surface area (Å²) in [4.78, 5) is 24.4. The van der Waals surface area contributed by atoms with Gasteiger partial charge < -0.3 is 14.2 Å². The van der Waals surface area contributed by atoms with Crippen LogP contribution in [0.25, 0.3) is 0 Å². The smallest absolute Gasteiger partial charge is 0.416 e. The van der Waals surface area contributed by atoms with Gasteiger partial charge in [-0.15, -0.1) is 0 Å². The molecular weight excluding hydrogens is 458 g/mol. The van der Waals surface area contributed by atoms with Gasteiger partial charge in [-0.05, 0) is 23.3 Å². The lowest BCUT2D eigenvalue weighted by Gasteiger charge is -2.22. The quantitative estimate of drug-likeness (QED) is 0.410. The SMILES string of the molecule is COC(=O)[C@H](Cc1cccc(C(F)(F)F)c1)O[C@@H](Cc1cccc(C(F)(F)F)c1)C(=O)OC. The zero-order chi connectivity index (χ0) is 24.8. The summed E-state index contributed by atoms with van der Waals surface area (Å²) in [5.74, 6) is -1.96. The first-order valence-electron chi connectivity index (χ1n) is 9.48. The van der Waals surface area contributed by atoms with Crippen LogP contribution in [0.1, 0.15) is 22.3 Å². The predicted molar refractivity (Wildman–Crippen MR) is 103 cm³/mol. The molecule has 2 atom stereocenters. The number of methoxy groups -OCH3 is 2. The van der Waals surface area contributed by atoms with Crippen molar-refractivity contribution in [3.05, 3.63) is 70.8 Å². The molecule has 0 amide bonds. The molecule has 0 aliphatic carbocycles. The third-order valence-corrected chi connectivity index (χ3v) is 4.61. The van der Waals surface area contributed by atoms with Crippen LogP contribution in [0.5, 0.6) is 0 Å². The Morgan fingerprint density at radius 2 is 1.09 bits per heavy atom. The molecule has 0 spiro atoms. The van der Waals surface area contributed by atoms with Crippen LogP contribution in [0, 0.1) is 0 Å². The lowest BCUT2D eigenvalue weighted by Crippen LogP contribution is -2.38. The highest BCUT2D eigenvalue weighted by molar-refractivity contribution is 5.78. The van der Waals surface area contributed by atoms with Gasteiger partial charge in [-0.1, -0.05) is 36.4 Å². The van der Waals surface area contributed by atoms with Gasteiger partial charge in [0.2, 0.25) is 0 Å². The van der Waals surface area contributed by atoms with Crippen LogP contribution in [0.2, 0.25) is 0 Å². The van der Waals surface area contributed by atoms with Crippen LogP contribution in [-0.4, -0.2) is 38.4 Å². The zero-order valence-corrected chi connectivity index (χ0v) is 17.5. The Kier molecular flexibility index (Phi) is 8.48. The Balaban J connectivity index is 2.30. The van der Waals surface area contributed by atoms with Crippen molar-refractivity contribution >= 4 is 11.9 Å². The molecule has 0 saturated carbocycles. The molecule has 0 aliphatic rings. The van der Waals surface area contributed by atoms with Gasteiger partial charge in [0.05, 0.1) is 25.3 Å². The number of alkyl halides is 6. The topological polar surface area (TPSA) is 61.8 Å². The van der Waals surface area contributed by atoms with E-state index in [1.54, 1.807) is 0 Å². The molecule has 0 radical (unpaired) electrons. The molecule has 0 saturated heterocycles. The first-order chi connectivity index (χ1) is 15.3. The van der Waals surface area contributed by atoms with Gasteiger partial charge in [0.15, 0.2) is 12.2 Å². The molecule has 5 nitrogen and oxygen atoms in total. The van der Waals surface area contributed by atoms with Crippen molar-refractivity contribution in [2.24, 2.45) is 0 Å². The molecule has 0 bridgehead atoms. The lowest BCUT2D eigenvalue weighted by molar-refractivity contribution is -0.169. The third-order valence-electron chi connectivity index (χ3n) is 4.61. The van der Waals surface area contributed by atoms with E-state index in [9.17, 15) is 35.9 Å². The third kappa shape index (κ3) is 7.48. The van der Waals surface area contributed by atoms with E-state index in [0.29, 0.717) is 0 Å². The highest BCUT2D eigenvalue weighted by Crippen LogP contribution is 2.31. The summed E-state index contributed by atoms with van der Waals surface area (Å²) in [5.41, 5.74) is -1.75. The molecule has 11 heteroatoms. The molecule has 2 aromatic carbocycles. The Morgan fingerprint density at radius 3 is 1.39 bits per heavy atom. The van der Waals surface area contributed by atoms with E-state index in [4.69, 9.17) is 4.74 Å². The molecule has 2 aromatic rings. The summed E-state index contributed by atoms with van der Waals surface area (Å²) in [7, 11) is 2.04. The van der Waals surface area contributed by atoms with Crippen molar-refractivity contribution in [1.82, 2.24) is 0 Å². The Labute approximate surface area is 185 Å². The van der Waals surface area contributed by atoms with E-state index >= 15 is 0 Å². The fraction of sp³-hybridized carbons (Fsp3) is 0.364. The highest BCUT2D eigenvalue weighted by Gasteiger charge is 2.34. The predicted octanol–water partition coefficient (Wildman–Crippen LogP) is 4.61. The van der Waals surface area contributed by atoms with E-state index in [1.807, 2.05) is 0 Å². The number of hydrogen-bond donors (Lipinski definition) is 0. The summed E-state index contributed by atoms with van der Waals surface area (Å²) < 4.78 is 92.7. The summed E-state index contributed by atoms with van der Waals surface area (Å²) >= 11 is 0. The maximum Gasteiger partial charge on any atom is 0.416 e. The van der Waals surface area contributed by atoms with Crippen LogP contribution in [0.4, 0.5) is 26.3 Å². The van der Waals surface area contributed by atoms with Gasteiger partial charge in [-0.3, -0.25) is 0 Å². The summed E-state index contributed by atoms with van der Waals surface area (Å²) in [5, 5.41) is 0. The number of rotatable bonds is 8. The molecule has 0 aliphatic heterocycles. The van der Waals surface area contributed by atoms with E-state index in [-0.39, 0.29) is 24.0 Å². The molecule has 2 rings (SSSR count). The summed E-state index contributed by atoms with van der Waals surface area (Å²) in [6.07, 6.45) is -13.0. The summed E-state index contributed by atoms with van der Waals surface area (Å²) in [6.45, 7) is 0. The van der Waals surface area contributed by atoms with Gasteiger partial charge in [-0.2, -0.15) is 26.3 Å². The largest absolute Gasteiger partial charge is 0.467 e. The number of halogens is 6. The van der Waals surface area contributed by atoms with Gasteiger partial charge in [0, 0.05) is 12.8 Å². The standard InChI is InChI=1S/C22H20F6O5/c1-31-19(29)17(11-13-5-3-7-15(9-13)21(23,24)25)33-18(20(30)32-2)12-14-6-4-8-16(10-14)22(26,27)28/h3-10,17-18H,11-12H2,1-2H3/t17-,18-/m0/s1. The average Bonchev–Trinajstić information content (AvgIpc) is 2.76. The normalized spacial score (nSPS) is 13.8. The minimum absolute atomic E-state index is 0.0721. The lowest BCUT2D eigenvalue weighted by atomic mass is 10.0. The van der Waals surface area contributed by atoms with Crippen molar-refractivity contribution < 1.29 is 50.1 Å². The molecule has 0 fully saturated rings. The number of esters is 2. The van der Waals surface area contributed by atoms with E-state index in [1.165, 1.54) is 12.1 Å². The van der Waals surface area contributed by atoms with Crippen molar-refractivity contribution in [2.75, 3.05) is 14.2 Å². The average molecular weight is 478 g/mol. The number of hydrogen-bond acceptors (Lipinski definition) is 5. The van der Waals surface area contributed by atoms with Crippen LogP contribution >= 0.6 is 0 Å². The maximum absolute atomic E-state index is 13.0. The monoisotopic (exact) mass is 478 g/mol. The maximum atomic E-state index is 13.0. The second-order valence-electron chi connectivity index (χ2n) is 6.96. The molecule has 180 valence electrons. The Morgan fingerprint density at radius 1 is 0.727 bits per heavy atom. The fourth-order valence-corrected chi connectivity index (χ4v) is 3.01. The Hall–Kier alpha value is -3.08. The number of ether oxygens (including phenoxy) is 3. The second kappa shape index (κ2) is 10.7. The minimum Gasteiger partial charge on any atom is -0.467 e. The van der Waals surface area contributed by atoms with Crippen LogP contribution in [0.15, 0.2) is 48.5 Å². The summed E-state index contributed by atoms with van der Waals surface area (Å²) in [6, 6.07) is 8.28.